The van der Waals surface area contributed by atoms with Crippen LogP contribution in [0.3, 0.4) is 0 Å². The van der Waals surface area contributed by atoms with E-state index in [-0.39, 0.29) is 17.2 Å². The van der Waals surface area contributed by atoms with E-state index in [2.05, 4.69) is 10.6 Å². The maximum absolute atomic E-state index is 11.5. The molecule has 6 heteroatoms. The van der Waals surface area contributed by atoms with Crippen LogP contribution in [0.1, 0.15) is 33.1 Å². The second kappa shape index (κ2) is 6.35. The number of hydrogen-bond acceptors (Lipinski definition) is 4. The van der Waals surface area contributed by atoms with Gasteiger partial charge in [-0.2, -0.15) is 0 Å². The summed E-state index contributed by atoms with van der Waals surface area (Å²) in [6.45, 7) is 4.83. The number of carbonyl (C=O) groups excluding carboxylic acids is 1. The summed E-state index contributed by atoms with van der Waals surface area (Å²) >= 11 is 0. The van der Waals surface area contributed by atoms with Crippen molar-refractivity contribution in [2.75, 3.05) is 18.8 Å². The molecule has 1 aliphatic heterocycles. The first-order chi connectivity index (χ1) is 7.92. The van der Waals surface area contributed by atoms with Crippen LogP contribution in [-0.4, -0.2) is 44.5 Å². The van der Waals surface area contributed by atoms with E-state index in [0.29, 0.717) is 25.3 Å². The van der Waals surface area contributed by atoms with Gasteiger partial charge in [-0.15, -0.1) is 0 Å². The highest BCUT2D eigenvalue weighted by atomic mass is 32.2. The Kier molecular flexibility index (Phi) is 5.39. The second-order valence-electron chi connectivity index (χ2n) is 4.81. The zero-order valence-electron chi connectivity index (χ0n) is 10.5. The van der Waals surface area contributed by atoms with Crippen LogP contribution in [0, 0.1) is 0 Å². The minimum Gasteiger partial charge on any atom is -0.354 e. The molecule has 1 saturated heterocycles. The zero-order chi connectivity index (χ0) is 12.9. The smallest absolute Gasteiger partial charge is 0.221 e. The molecular weight excluding hydrogens is 240 g/mol. The van der Waals surface area contributed by atoms with Crippen molar-refractivity contribution >= 4 is 15.7 Å². The predicted octanol–water partition coefficient (Wildman–Crippen LogP) is 0.0679. The van der Waals surface area contributed by atoms with Gasteiger partial charge in [0, 0.05) is 25.6 Å². The van der Waals surface area contributed by atoms with Crippen LogP contribution in [0.5, 0.6) is 0 Å². The van der Waals surface area contributed by atoms with Crippen molar-refractivity contribution in [3.8, 4) is 0 Å². The summed E-state index contributed by atoms with van der Waals surface area (Å²) < 4.78 is 23.0. The Morgan fingerprint density at radius 3 is 2.65 bits per heavy atom. The quantitative estimate of drug-likeness (QED) is 0.664. The largest absolute Gasteiger partial charge is 0.354 e. The minimum absolute atomic E-state index is 0.00165. The van der Waals surface area contributed by atoms with Crippen LogP contribution in [-0.2, 0) is 14.6 Å². The number of hydrogen-bond donors (Lipinski definition) is 2. The van der Waals surface area contributed by atoms with Crippen LogP contribution < -0.4 is 10.6 Å². The molecule has 0 radical (unpaired) electrons. The zero-order valence-corrected chi connectivity index (χ0v) is 11.3. The van der Waals surface area contributed by atoms with Crippen molar-refractivity contribution in [3.05, 3.63) is 0 Å². The van der Waals surface area contributed by atoms with Crippen molar-refractivity contribution < 1.29 is 13.2 Å². The molecule has 0 aliphatic carbocycles. The molecule has 0 aromatic rings. The SMILES string of the molecule is CC(C)NC(=O)CCNCC1CCCS1(=O)=O. The molecule has 100 valence electrons. The van der Waals surface area contributed by atoms with E-state index in [9.17, 15) is 13.2 Å². The summed E-state index contributed by atoms with van der Waals surface area (Å²) in [5.41, 5.74) is 0. The van der Waals surface area contributed by atoms with E-state index in [1.165, 1.54) is 0 Å². The minimum atomic E-state index is -2.87. The third kappa shape index (κ3) is 5.04. The lowest BCUT2D eigenvalue weighted by atomic mass is 10.2. The molecule has 0 bridgehead atoms. The number of amides is 1. The molecule has 1 unspecified atom stereocenters. The summed E-state index contributed by atoms with van der Waals surface area (Å²) in [5, 5.41) is 5.58. The average molecular weight is 262 g/mol. The van der Waals surface area contributed by atoms with Gasteiger partial charge in [0.2, 0.25) is 5.91 Å². The number of sulfone groups is 1. The van der Waals surface area contributed by atoms with Gasteiger partial charge in [0.25, 0.3) is 0 Å². The summed E-state index contributed by atoms with van der Waals surface area (Å²) in [7, 11) is -2.87. The molecule has 0 spiro atoms. The highest BCUT2D eigenvalue weighted by molar-refractivity contribution is 7.92. The lowest BCUT2D eigenvalue weighted by Gasteiger charge is -2.11. The molecule has 1 rings (SSSR count). The van der Waals surface area contributed by atoms with E-state index >= 15 is 0 Å². The van der Waals surface area contributed by atoms with Gasteiger partial charge in [-0.25, -0.2) is 8.42 Å². The standard InChI is InChI=1S/C11H22N2O3S/c1-9(2)13-11(14)5-6-12-8-10-4-3-7-17(10,15)16/h9-10,12H,3-8H2,1-2H3,(H,13,14). The van der Waals surface area contributed by atoms with Gasteiger partial charge in [0.1, 0.15) is 0 Å². The Morgan fingerprint density at radius 1 is 1.41 bits per heavy atom. The monoisotopic (exact) mass is 262 g/mol. The summed E-state index contributed by atoms with van der Waals surface area (Å²) in [4.78, 5) is 11.3. The average Bonchev–Trinajstić information content (AvgIpc) is 2.51. The Balaban J connectivity index is 2.14. The van der Waals surface area contributed by atoms with Crippen LogP contribution >= 0.6 is 0 Å². The van der Waals surface area contributed by atoms with Crippen molar-refractivity contribution in [2.24, 2.45) is 0 Å². The van der Waals surface area contributed by atoms with E-state index < -0.39 is 9.84 Å². The fourth-order valence-electron chi connectivity index (χ4n) is 1.95. The first-order valence-electron chi connectivity index (χ1n) is 6.13. The maximum Gasteiger partial charge on any atom is 0.221 e. The number of carbonyl (C=O) groups is 1. The van der Waals surface area contributed by atoms with E-state index in [4.69, 9.17) is 0 Å². The van der Waals surface area contributed by atoms with Crippen LogP contribution in [0.15, 0.2) is 0 Å². The lowest BCUT2D eigenvalue weighted by molar-refractivity contribution is -0.121. The molecule has 17 heavy (non-hydrogen) atoms. The molecule has 0 aromatic carbocycles. The molecular formula is C11H22N2O3S. The Bertz CT molecular complexity index is 352. The topological polar surface area (TPSA) is 75.3 Å². The van der Waals surface area contributed by atoms with Crippen LogP contribution in [0.4, 0.5) is 0 Å². The fourth-order valence-corrected chi connectivity index (χ4v) is 3.75. The third-order valence-electron chi connectivity index (χ3n) is 2.81. The Morgan fingerprint density at radius 2 is 2.12 bits per heavy atom. The molecule has 1 heterocycles. The first kappa shape index (κ1) is 14.4. The summed E-state index contributed by atoms with van der Waals surface area (Å²) in [6.07, 6.45) is 1.90. The van der Waals surface area contributed by atoms with Gasteiger partial charge < -0.3 is 10.6 Å². The van der Waals surface area contributed by atoms with Crippen molar-refractivity contribution in [1.29, 1.82) is 0 Å². The van der Waals surface area contributed by atoms with E-state index in [1.54, 1.807) is 0 Å². The molecule has 2 N–H and O–H groups in total. The normalized spacial score (nSPS) is 22.9. The number of nitrogens with one attached hydrogen (secondary N) is 2. The first-order valence-corrected chi connectivity index (χ1v) is 7.85. The van der Waals surface area contributed by atoms with Gasteiger partial charge in [-0.05, 0) is 26.7 Å². The predicted molar refractivity (Wildman–Crippen MR) is 67.6 cm³/mol. The molecule has 1 aliphatic rings. The van der Waals surface area contributed by atoms with Gasteiger partial charge in [-0.1, -0.05) is 0 Å². The van der Waals surface area contributed by atoms with Crippen molar-refractivity contribution in [1.82, 2.24) is 10.6 Å². The van der Waals surface area contributed by atoms with E-state index in [0.717, 1.165) is 12.8 Å². The fraction of sp³-hybridized carbons (Fsp3) is 0.909. The second-order valence-corrected chi connectivity index (χ2v) is 7.21. The molecule has 1 atom stereocenters. The van der Waals surface area contributed by atoms with Gasteiger partial charge in [0.05, 0.1) is 11.0 Å². The molecule has 1 amide bonds. The van der Waals surface area contributed by atoms with Crippen molar-refractivity contribution in [3.63, 3.8) is 0 Å². The highest BCUT2D eigenvalue weighted by Gasteiger charge is 2.30. The Labute approximate surface area is 103 Å². The van der Waals surface area contributed by atoms with Crippen molar-refractivity contribution in [2.45, 2.75) is 44.4 Å². The molecule has 1 fully saturated rings. The molecule has 5 nitrogen and oxygen atoms in total. The summed E-state index contributed by atoms with van der Waals surface area (Å²) in [6, 6.07) is 0.151. The van der Waals surface area contributed by atoms with Crippen LogP contribution in [0.25, 0.3) is 0 Å². The maximum atomic E-state index is 11.5. The van der Waals surface area contributed by atoms with E-state index in [1.807, 2.05) is 13.8 Å². The lowest BCUT2D eigenvalue weighted by Crippen LogP contribution is -2.35. The number of rotatable bonds is 6. The van der Waals surface area contributed by atoms with Gasteiger partial charge >= 0.3 is 0 Å². The Hall–Kier alpha value is -0.620. The molecule has 0 aromatic heterocycles. The molecule has 0 saturated carbocycles. The van der Waals surface area contributed by atoms with Gasteiger partial charge in [0.15, 0.2) is 9.84 Å². The van der Waals surface area contributed by atoms with Gasteiger partial charge in [-0.3, -0.25) is 4.79 Å². The third-order valence-corrected chi connectivity index (χ3v) is 5.09. The summed E-state index contributed by atoms with van der Waals surface area (Å²) in [5.74, 6) is 0.314. The van der Waals surface area contributed by atoms with Crippen LogP contribution in [0.2, 0.25) is 0 Å². The highest BCUT2D eigenvalue weighted by Crippen LogP contribution is 2.18.